The van der Waals surface area contributed by atoms with E-state index >= 15 is 0 Å². The zero-order valence-corrected chi connectivity index (χ0v) is 14.8. The van der Waals surface area contributed by atoms with Crippen molar-refractivity contribution in [2.45, 2.75) is 59.5 Å². The fourth-order valence-electron chi connectivity index (χ4n) is 2.45. The normalized spacial score (nSPS) is 12.7. The van der Waals surface area contributed by atoms with E-state index in [2.05, 4.69) is 10.2 Å². The highest BCUT2D eigenvalue weighted by Gasteiger charge is 2.35. The third-order valence-electron chi connectivity index (χ3n) is 3.74. The molecule has 23 heavy (non-hydrogen) atoms. The van der Waals surface area contributed by atoms with Crippen LogP contribution in [0, 0.1) is 6.92 Å². The molecule has 2 heterocycles. The van der Waals surface area contributed by atoms with Crippen LogP contribution in [0.3, 0.4) is 0 Å². The second kappa shape index (κ2) is 5.47. The number of carbonyl (C=O) groups excluding carboxylic acids is 1. The standard InChI is InChI=1S/C16H24N4O3/c1-8-23-14(22)16(6,7)20-13(21)12-11(10(2)18-20)9-17-19(12)15(3,4)5/h9H,8H2,1-7H3. The second-order valence-corrected chi connectivity index (χ2v) is 7.07. The average molecular weight is 320 g/mol. The number of aryl methyl sites for hydroxylation is 1. The smallest absolute Gasteiger partial charge is 0.333 e. The molecule has 0 saturated carbocycles. The van der Waals surface area contributed by atoms with Gasteiger partial charge in [0.05, 0.1) is 24.0 Å². The molecule has 0 atom stereocenters. The Morgan fingerprint density at radius 3 is 2.35 bits per heavy atom. The van der Waals surface area contributed by atoms with Crippen molar-refractivity contribution in [2.75, 3.05) is 6.61 Å². The molecule has 0 aliphatic rings. The summed E-state index contributed by atoms with van der Waals surface area (Å²) in [5, 5.41) is 9.36. The van der Waals surface area contributed by atoms with Crippen molar-refractivity contribution in [1.29, 1.82) is 0 Å². The molecule has 7 nitrogen and oxygen atoms in total. The summed E-state index contributed by atoms with van der Waals surface area (Å²) >= 11 is 0. The summed E-state index contributed by atoms with van der Waals surface area (Å²) in [5.41, 5.74) is -0.814. The van der Waals surface area contributed by atoms with E-state index in [0.29, 0.717) is 16.6 Å². The Morgan fingerprint density at radius 2 is 1.83 bits per heavy atom. The van der Waals surface area contributed by atoms with Crippen LogP contribution in [0.4, 0.5) is 0 Å². The summed E-state index contributed by atoms with van der Waals surface area (Å²) in [7, 11) is 0. The van der Waals surface area contributed by atoms with Gasteiger partial charge < -0.3 is 4.74 Å². The number of carbonyl (C=O) groups is 1. The average Bonchev–Trinajstić information content (AvgIpc) is 2.88. The second-order valence-electron chi connectivity index (χ2n) is 7.07. The maximum Gasteiger partial charge on any atom is 0.333 e. The summed E-state index contributed by atoms with van der Waals surface area (Å²) < 4.78 is 7.96. The maximum absolute atomic E-state index is 13.0. The Balaban J connectivity index is 2.80. The molecule has 0 N–H and O–H groups in total. The summed E-state index contributed by atoms with van der Waals surface area (Å²) in [6.45, 7) is 12.9. The van der Waals surface area contributed by atoms with E-state index in [1.54, 1.807) is 38.6 Å². The molecule has 7 heteroatoms. The topological polar surface area (TPSA) is 79.0 Å². The molecule has 0 amide bonds. The summed E-state index contributed by atoms with van der Waals surface area (Å²) in [6, 6.07) is 0. The first-order chi connectivity index (χ1) is 10.5. The number of hydrogen-bond donors (Lipinski definition) is 0. The van der Waals surface area contributed by atoms with Crippen LogP contribution < -0.4 is 5.56 Å². The molecule has 0 aliphatic heterocycles. The third kappa shape index (κ3) is 2.75. The monoisotopic (exact) mass is 320 g/mol. The lowest BCUT2D eigenvalue weighted by Crippen LogP contribution is -2.46. The molecule has 126 valence electrons. The lowest BCUT2D eigenvalue weighted by atomic mass is 10.1. The van der Waals surface area contributed by atoms with E-state index < -0.39 is 11.5 Å². The van der Waals surface area contributed by atoms with Crippen LogP contribution in [0.2, 0.25) is 0 Å². The minimum Gasteiger partial charge on any atom is -0.464 e. The molecule has 0 spiro atoms. The van der Waals surface area contributed by atoms with Crippen molar-refractivity contribution in [3.05, 3.63) is 22.2 Å². The Morgan fingerprint density at radius 1 is 1.22 bits per heavy atom. The lowest BCUT2D eigenvalue weighted by molar-refractivity contribution is -0.152. The van der Waals surface area contributed by atoms with Crippen LogP contribution in [0.5, 0.6) is 0 Å². The highest BCUT2D eigenvalue weighted by atomic mass is 16.5. The molecule has 0 fully saturated rings. The molecule has 0 saturated heterocycles. The van der Waals surface area contributed by atoms with Gasteiger partial charge in [-0.1, -0.05) is 0 Å². The van der Waals surface area contributed by atoms with Gasteiger partial charge in [0.15, 0.2) is 5.54 Å². The molecular weight excluding hydrogens is 296 g/mol. The van der Waals surface area contributed by atoms with E-state index in [-0.39, 0.29) is 17.7 Å². The molecule has 2 aromatic heterocycles. The van der Waals surface area contributed by atoms with Gasteiger partial charge in [-0.3, -0.25) is 9.48 Å². The largest absolute Gasteiger partial charge is 0.464 e. The minimum absolute atomic E-state index is 0.248. The van der Waals surface area contributed by atoms with Crippen molar-refractivity contribution in [3.63, 3.8) is 0 Å². The van der Waals surface area contributed by atoms with E-state index in [1.807, 2.05) is 20.8 Å². The summed E-state index contributed by atoms with van der Waals surface area (Å²) in [5.74, 6) is -0.491. The molecule has 0 aliphatic carbocycles. The summed E-state index contributed by atoms with van der Waals surface area (Å²) in [6.07, 6.45) is 1.64. The zero-order valence-electron chi connectivity index (χ0n) is 14.8. The van der Waals surface area contributed by atoms with Crippen LogP contribution in [0.1, 0.15) is 47.2 Å². The number of nitrogens with zero attached hydrogens (tertiary/aromatic N) is 4. The molecule has 0 aromatic carbocycles. The highest BCUT2D eigenvalue weighted by molar-refractivity contribution is 5.81. The number of rotatable bonds is 3. The van der Waals surface area contributed by atoms with Gasteiger partial charge in [-0.25, -0.2) is 9.48 Å². The van der Waals surface area contributed by atoms with Crippen molar-refractivity contribution in [1.82, 2.24) is 19.6 Å². The van der Waals surface area contributed by atoms with Gasteiger partial charge in [0.25, 0.3) is 5.56 Å². The van der Waals surface area contributed by atoms with Gasteiger partial charge in [0, 0.05) is 5.39 Å². The van der Waals surface area contributed by atoms with Gasteiger partial charge in [-0.05, 0) is 48.5 Å². The third-order valence-corrected chi connectivity index (χ3v) is 3.74. The van der Waals surface area contributed by atoms with Crippen molar-refractivity contribution < 1.29 is 9.53 Å². The van der Waals surface area contributed by atoms with Crippen LogP contribution >= 0.6 is 0 Å². The lowest BCUT2D eigenvalue weighted by Gasteiger charge is -2.25. The quantitative estimate of drug-likeness (QED) is 0.808. The van der Waals surface area contributed by atoms with Crippen LogP contribution in [0.25, 0.3) is 10.9 Å². The number of aromatic nitrogens is 4. The molecule has 2 rings (SSSR count). The predicted octanol–water partition coefficient (Wildman–Crippen LogP) is 1.95. The van der Waals surface area contributed by atoms with Gasteiger partial charge in [0.1, 0.15) is 5.52 Å². The van der Waals surface area contributed by atoms with Crippen LogP contribution in [-0.4, -0.2) is 32.1 Å². The molecule has 0 bridgehead atoms. The molecule has 2 aromatic rings. The van der Waals surface area contributed by atoms with E-state index in [4.69, 9.17) is 4.74 Å². The Hall–Kier alpha value is -2.18. The van der Waals surface area contributed by atoms with Crippen molar-refractivity contribution in [3.8, 4) is 0 Å². The number of fused-ring (bicyclic) bond motifs is 1. The van der Waals surface area contributed by atoms with E-state index in [0.717, 1.165) is 0 Å². The van der Waals surface area contributed by atoms with Gasteiger partial charge in [-0.2, -0.15) is 10.2 Å². The molecule has 0 radical (unpaired) electrons. The summed E-state index contributed by atoms with van der Waals surface area (Å²) in [4.78, 5) is 25.2. The Kier molecular flexibility index (Phi) is 4.09. The number of hydrogen-bond acceptors (Lipinski definition) is 5. The first-order valence-electron chi connectivity index (χ1n) is 7.67. The fraction of sp³-hybridized carbons (Fsp3) is 0.625. The Bertz CT molecular complexity index is 809. The first-order valence-corrected chi connectivity index (χ1v) is 7.67. The van der Waals surface area contributed by atoms with E-state index in [1.165, 1.54) is 4.68 Å². The zero-order chi connectivity index (χ0) is 17.6. The van der Waals surface area contributed by atoms with E-state index in [9.17, 15) is 9.59 Å². The molecule has 0 unspecified atom stereocenters. The van der Waals surface area contributed by atoms with Gasteiger partial charge >= 0.3 is 5.97 Å². The van der Waals surface area contributed by atoms with Crippen molar-refractivity contribution in [2.24, 2.45) is 0 Å². The highest BCUT2D eigenvalue weighted by Crippen LogP contribution is 2.22. The van der Waals surface area contributed by atoms with Gasteiger partial charge in [0.2, 0.25) is 0 Å². The maximum atomic E-state index is 13.0. The Labute approximate surface area is 135 Å². The predicted molar refractivity (Wildman–Crippen MR) is 87.5 cm³/mol. The number of esters is 1. The van der Waals surface area contributed by atoms with Crippen LogP contribution in [0.15, 0.2) is 11.0 Å². The minimum atomic E-state index is -1.20. The fourth-order valence-corrected chi connectivity index (χ4v) is 2.45. The van der Waals surface area contributed by atoms with Gasteiger partial charge in [-0.15, -0.1) is 0 Å². The SMILES string of the molecule is CCOC(=O)C(C)(C)n1nc(C)c2cnn(C(C)(C)C)c2c1=O. The van der Waals surface area contributed by atoms with Crippen molar-refractivity contribution >= 4 is 16.9 Å². The van der Waals surface area contributed by atoms with Crippen LogP contribution in [-0.2, 0) is 20.6 Å². The molecular formula is C16H24N4O3. The number of ether oxygens (including phenoxy) is 1. The first kappa shape index (κ1) is 17.2.